The van der Waals surface area contributed by atoms with Gasteiger partial charge in [0.2, 0.25) is 0 Å². The third-order valence-electron chi connectivity index (χ3n) is 5.70. The number of anilines is 2. The van der Waals surface area contributed by atoms with Crippen LogP contribution in [0.2, 0.25) is 0 Å². The fourth-order valence-electron chi connectivity index (χ4n) is 4.00. The van der Waals surface area contributed by atoms with Crippen LogP contribution < -0.4 is 15.2 Å². The van der Waals surface area contributed by atoms with Crippen LogP contribution >= 0.6 is 0 Å². The molecular weight excluding hydrogens is 348 g/mol. The van der Waals surface area contributed by atoms with Crippen molar-refractivity contribution in [3.63, 3.8) is 0 Å². The number of nitrogens with one attached hydrogen (secondary N) is 1. The maximum absolute atomic E-state index is 12.3. The second-order valence-corrected chi connectivity index (χ2v) is 7.68. The fourth-order valence-corrected chi connectivity index (χ4v) is 4.00. The summed E-state index contributed by atoms with van der Waals surface area (Å²) in [5.41, 5.74) is 7.91. The summed E-state index contributed by atoms with van der Waals surface area (Å²) < 4.78 is 0. The van der Waals surface area contributed by atoms with Crippen LogP contribution in [0, 0.1) is 6.92 Å². The van der Waals surface area contributed by atoms with Gasteiger partial charge in [0.05, 0.1) is 6.21 Å². The summed E-state index contributed by atoms with van der Waals surface area (Å²) in [6.45, 7) is 6.57. The number of carbonyl (C=O) groups is 1. The lowest BCUT2D eigenvalue weighted by Crippen LogP contribution is -2.19. The van der Waals surface area contributed by atoms with Crippen molar-refractivity contribution in [2.24, 2.45) is 5.10 Å². The molecule has 2 aromatic rings. The highest BCUT2D eigenvalue weighted by molar-refractivity contribution is 5.95. The van der Waals surface area contributed by atoms with E-state index in [1.165, 1.54) is 37.1 Å². The largest absolute Gasteiger partial charge is 0.372 e. The Morgan fingerprint density at radius 1 is 0.893 bits per heavy atom. The Bertz CT molecular complexity index is 847. The van der Waals surface area contributed by atoms with Crippen molar-refractivity contribution in [3.05, 3.63) is 59.2 Å². The number of nitrogens with zero attached hydrogens (tertiary/aromatic N) is 3. The highest BCUT2D eigenvalue weighted by Gasteiger charge is 2.14. The lowest BCUT2D eigenvalue weighted by molar-refractivity contribution is 0.0955. The molecule has 0 aromatic heterocycles. The first-order valence-corrected chi connectivity index (χ1v) is 10.2. The van der Waals surface area contributed by atoms with Gasteiger partial charge >= 0.3 is 0 Å². The number of hydrazone groups is 1. The first kappa shape index (κ1) is 18.5. The fraction of sp³-hybridized carbons (Fsp3) is 0.391. The molecule has 1 amide bonds. The van der Waals surface area contributed by atoms with Crippen molar-refractivity contribution in [1.82, 2.24) is 5.43 Å². The van der Waals surface area contributed by atoms with E-state index in [4.69, 9.17) is 0 Å². The van der Waals surface area contributed by atoms with Gasteiger partial charge in [0, 0.05) is 43.1 Å². The quantitative estimate of drug-likeness (QED) is 0.635. The van der Waals surface area contributed by atoms with Crippen molar-refractivity contribution in [1.29, 1.82) is 0 Å². The molecule has 0 aliphatic carbocycles. The third-order valence-corrected chi connectivity index (χ3v) is 5.70. The third kappa shape index (κ3) is 4.19. The number of aryl methyl sites for hydroxylation is 1. The van der Waals surface area contributed by atoms with E-state index < -0.39 is 0 Å². The molecule has 5 heteroatoms. The molecule has 0 unspecified atom stereocenters. The van der Waals surface area contributed by atoms with Gasteiger partial charge in [0.15, 0.2) is 0 Å². The zero-order chi connectivity index (χ0) is 19.3. The Morgan fingerprint density at radius 2 is 1.46 bits per heavy atom. The predicted molar refractivity (Wildman–Crippen MR) is 116 cm³/mol. The molecule has 0 spiro atoms. The lowest BCUT2D eigenvalue weighted by atomic mass is 10.1. The van der Waals surface area contributed by atoms with Crippen LogP contribution in [0.5, 0.6) is 0 Å². The van der Waals surface area contributed by atoms with Gasteiger partial charge in [-0.15, -0.1) is 0 Å². The van der Waals surface area contributed by atoms with E-state index in [0.717, 1.165) is 37.3 Å². The highest BCUT2D eigenvalue weighted by Crippen LogP contribution is 2.23. The molecule has 5 nitrogen and oxygen atoms in total. The summed E-state index contributed by atoms with van der Waals surface area (Å²) in [5, 5.41) is 4.16. The maximum atomic E-state index is 12.3. The molecule has 1 N–H and O–H groups in total. The minimum atomic E-state index is -0.185. The zero-order valence-electron chi connectivity index (χ0n) is 16.5. The van der Waals surface area contributed by atoms with E-state index in [-0.39, 0.29) is 5.91 Å². The number of carbonyl (C=O) groups excluding carboxylic acids is 1. The normalized spacial score (nSPS) is 16.9. The molecule has 2 heterocycles. The summed E-state index contributed by atoms with van der Waals surface area (Å²) in [6, 6.07) is 14.2. The molecule has 0 atom stereocenters. The Hall–Kier alpha value is -2.82. The molecule has 4 rings (SSSR count). The van der Waals surface area contributed by atoms with Gasteiger partial charge in [-0.05, 0) is 80.1 Å². The van der Waals surface area contributed by atoms with E-state index in [0.29, 0.717) is 5.56 Å². The van der Waals surface area contributed by atoms with Crippen LogP contribution in [0.25, 0.3) is 0 Å². The summed E-state index contributed by atoms with van der Waals surface area (Å²) in [7, 11) is 0. The van der Waals surface area contributed by atoms with Crippen LogP contribution in [0.15, 0.2) is 47.6 Å². The SMILES string of the molecule is Cc1cc(N2CCCC2)ccc1/C=N\NC(=O)c1ccc(N2CCCC2)cc1. The second-order valence-electron chi connectivity index (χ2n) is 7.68. The van der Waals surface area contributed by atoms with Crippen LogP contribution in [0.3, 0.4) is 0 Å². The van der Waals surface area contributed by atoms with Gasteiger partial charge in [-0.25, -0.2) is 5.43 Å². The molecule has 0 radical (unpaired) electrons. The molecule has 2 aromatic carbocycles. The van der Waals surface area contributed by atoms with E-state index in [2.05, 4.69) is 45.4 Å². The Labute approximate surface area is 167 Å². The zero-order valence-corrected chi connectivity index (χ0v) is 16.5. The average molecular weight is 377 g/mol. The molecule has 0 bridgehead atoms. The van der Waals surface area contributed by atoms with Crippen molar-refractivity contribution >= 4 is 23.5 Å². The Kier molecular flexibility index (Phi) is 5.60. The van der Waals surface area contributed by atoms with E-state index in [9.17, 15) is 4.79 Å². The highest BCUT2D eigenvalue weighted by atomic mass is 16.2. The van der Waals surface area contributed by atoms with Gasteiger partial charge in [-0.2, -0.15) is 5.10 Å². The number of benzene rings is 2. The molecule has 2 aliphatic heterocycles. The van der Waals surface area contributed by atoms with Crippen LogP contribution in [0.1, 0.15) is 47.2 Å². The van der Waals surface area contributed by atoms with Gasteiger partial charge in [-0.3, -0.25) is 4.79 Å². The molecule has 146 valence electrons. The van der Waals surface area contributed by atoms with Gasteiger partial charge in [0.25, 0.3) is 5.91 Å². The first-order valence-electron chi connectivity index (χ1n) is 10.2. The van der Waals surface area contributed by atoms with Gasteiger partial charge in [-0.1, -0.05) is 6.07 Å². The maximum Gasteiger partial charge on any atom is 0.271 e. The molecule has 2 aliphatic rings. The van der Waals surface area contributed by atoms with Crippen LogP contribution in [0.4, 0.5) is 11.4 Å². The number of hydrogen-bond donors (Lipinski definition) is 1. The topological polar surface area (TPSA) is 47.9 Å². The average Bonchev–Trinajstić information content (AvgIpc) is 3.43. The second kappa shape index (κ2) is 8.46. The van der Waals surface area contributed by atoms with E-state index >= 15 is 0 Å². The molecular formula is C23H28N4O. The van der Waals surface area contributed by atoms with Crippen molar-refractivity contribution in [2.45, 2.75) is 32.6 Å². The Morgan fingerprint density at radius 3 is 2.07 bits per heavy atom. The van der Waals surface area contributed by atoms with Gasteiger partial charge in [0.1, 0.15) is 0 Å². The molecule has 0 saturated carbocycles. The van der Waals surface area contributed by atoms with E-state index in [1.54, 1.807) is 6.21 Å². The number of amides is 1. The number of rotatable bonds is 5. The smallest absolute Gasteiger partial charge is 0.271 e. The van der Waals surface area contributed by atoms with Gasteiger partial charge < -0.3 is 9.80 Å². The van der Waals surface area contributed by atoms with Crippen LogP contribution in [-0.4, -0.2) is 38.3 Å². The van der Waals surface area contributed by atoms with Crippen molar-refractivity contribution < 1.29 is 4.79 Å². The summed E-state index contributed by atoms with van der Waals surface area (Å²) >= 11 is 0. The Balaban J connectivity index is 1.35. The van der Waals surface area contributed by atoms with Crippen molar-refractivity contribution in [3.8, 4) is 0 Å². The minimum Gasteiger partial charge on any atom is -0.372 e. The van der Waals surface area contributed by atoms with Crippen LogP contribution in [-0.2, 0) is 0 Å². The number of hydrogen-bond acceptors (Lipinski definition) is 4. The lowest BCUT2D eigenvalue weighted by Gasteiger charge is -2.18. The summed E-state index contributed by atoms with van der Waals surface area (Å²) in [4.78, 5) is 17.1. The predicted octanol–water partition coefficient (Wildman–Crippen LogP) is 3.96. The van der Waals surface area contributed by atoms with E-state index in [1.807, 2.05) is 24.3 Å². The van der Waals surface area contributed by atoms with Crippen molar-refractivity contribution in [2.75, 3.05) is 36.0 Å². The first-order chi connectivity index (χ1) is 13.7. The summed E-state index contributed by atoms with van der Waals surface area (Å²) in [5.74, 6) is -0.185. The molecule has 2 saturated heterocycles. The summed E-state index contributed by atoms with van der Waals surface area (Å²) in [6.07, 6.45) is 6.75. The standard InChI is InChI=1S/C23H28N4O/c1-18-16-22(27-14-4-5-15-27)11-8-20(18)17-24-25-23(28)19-6-9-21(10-7-19)26-12-2-3-13-26/h6-11,16-17H,2-5,12-15H2,1H3,(H,25,28)/b24-17-. The molecule has 28 heavy (non-hydrogen) atoms. The minimum absolute atomic E-state index is 0.185. The molecule has 2 fully saturated rings. The monoisotopic (exact) mass is 376 g/mol.